The quantitative estimate of drug-likeness (QED) is 0.853. The molecule has 0 aromatic carbocycles. The standard InChI is InChI=1S/C13H20N6O/c1-4-11(13-14-9-16-18(13)3)17-12(20)5-6-19-8-10(2)7-15-19/h7-9,11H,4-6H2,1-3H3,(H,17,20)/t11-/m0/s1. The van der Waals surface area contributed by atoms with Crippen LogP contribution in [0, 0.1) is 6.92 Å². The molecule has 0 radical (unpaired) electrons. The summed E-state index contributed by atoms with van der Waals surface area (Å²) in [5, 5.41) is 11.2. The molecule has 2 aromatic heterocycles. The number of amides is 1. The normalized spacial score (nSPS) is 12.3. The van der Waals surface area contributed by atoms with Gasteiger partial charge in [0.25, 0.3) is 0 Å². The topological polar surface area (TPSA) is 77.6 Å². The van der Waals surface area contributed by atoms with E-state index in [2.05, 4.69) is 20.5 Å². The van der Waals surface area contributed by atoms with Crippen LogP contribution in [-0.2, 0) is 18.4 Å². The lowest BCUT2D eigenvalue weighted by molar-refractivity contribution is -0.122. The van der Waals surface area contributed by atoms with Gasteiger partial charge in [0.2, 0.25) is 5.91 Å². The Labute approximate surface area is 118 Å². The van der Waals surface area contributed by atoms with Crippen molar-refractivity contribution in [2.75, 3.05) is 0 Å². The van der Waals surface area contributed by atoms with Crippen LogP contribution in [0.3, 0.4) is 0 Å². The summed E-state index contributed by atoms with van der Waals surface area (Å²) in [6.45, 7) is 4.57. The van der Waals surface area contributed by atoms with Crippen LogP contribution in [0.5, 0.6) is 0 Å². The van der Waals surface area contributed by atoms with Gasteiger partial charge in [-0.3, -0.25) is 14.2 Å². The predicted octanol–water partition coefficient (Wildman–Crippen LogP) is 0.978. The van der Waals surface area contributed by atoms with E-state index in [1.807, 2.05) is 27.1 Å². The maximum atomic E-state index is 12.0. The average Bonchev–Trinajstić information content (AvgIpc) is 3.02. The molecule has 0 unspecified atom stereocenters. The number of nitrogens with one attached hydrogen (secondary N) is 1. The monoisotopic (exact) mass is 276 g/mol. The molecule has 0 aliphatic rings. The lowest BCUT2D eigenvalue weighted by atomic mass is 10.2. The lowest BCUT2D eigenvalue weighted by Crippen LogP contribution is -2.30. The average molecular weight is 276 g/mol. The number of hydrogen-bond donors (Lipinski definition) is 1. The maximum Gasteiger partial charge on any atom is 0.222 e. The molecule has 0 spiro atoms. The smallest absolute Gasteiger partial charge is 0.222 e. The summed E-state index contributed by atoms with van der Waals surface area (Å²) in [7, 11) is 1.82. The van der Waals surface area contributed by atoms with Crippen molar-refractivity contribution in [2.24, 2.45) is 7.05 Å². The summed E-state index contributed by atoms with van der Waals surface area (Å²) in [5.41, 5.74) is 1.09. The van der Waals surface area contributed by atoms with Crippen LogP contribution in [0.2, 0.25) is 0 Å². The molecule has 7 nitrogen and oxygen atoms in total. The number of carbonyl (C=O) groups excluding carboxylic acids is 1. The Morgan fingerprint density at radius 3 is 2.80 bits per heavy atom. The van der Waals surface area contributed by atoms with Crippen LogP contribution < -0.4 is 5.32 Å². The van der Waals surface area contributed by atoms with E-state index < -0.39 is 0 Å². The first-order valence-electron chi connectivity index (χ1n) is 6.72. The molecular weight excluding hydrogens is 256 g/mol. The molecule has 0 saturated carbocycles. The van der Waals surface area contributed by atoms with Crippen molar-refractivity contribution >= 4 is 5.91 Å². The molecule has 20 heavy (non-hydrogen) atoms. The van der Waals surface area contributed by atoms with Crippen LogP contribution in [0.4, 0.5) is 0 Å². The lowest BCUT2D eigenvalue weighted by Gasteiger charge is -2.16. The molecular formula is C13H20N6O. The minimum atomic E-state index is -0.102. The van der Waals surface area contributed by atoms with Crippen LogP contribution >= 0.6 is 0 Å². The number of hydrogen-bond acceptors (Lipinski definition) is 4. The van der Waals surface area contributed by atoms with Gasteiger partial charge in [0.1, 0.15) is 12.2 Å². The predicted molar refractivity (Wildman–Crippen MR) is 73.8 cm³/mol. The van der Waals surface area contributed by atoms with Crippen molar-refractivity contribution in [3.8, 4) is 0 Å². The summed E-state index contributed by atoms with van der Waals surface area (Å²) in [6, 6.07) is -0.102. The Hall–Kier alpha value is -2.18. The van der Waals surface area contributed by atoms with Crippen LogP contribution in [0.1, 0.15) is 37.2 Å². The van der Waals surface area contributed by atoms with Crippen molar-refractivity contribution in [1.82, 2.24) is 29.9 Å². The van der Waals surface area contributed by atoms with Gasteiger partial charge < -0.3 is 5.32 Å². The van der Waals surface area contributed by atoms with Gasteiger partial charge in [-0.25, -0.2) is 4.98 Å². The van der Waals surface area contributed by atoms with Gasteiger partial charge >= 0.3 is 0 Å². The van der Waals surface area contributed by atoms with Crippen molar-refractivity contribution in [2.45, 2.75) is 39.3 Å². The number of aromatic nitrogens is 5. The van der Waals surface area contributed by atoms with Crippen molar-refractivity contribution in [1.29, 1.82) is 0 Å². The second-order valence-corrected chi connectivity index (χ2v) is 4.80. The van der Waals surface area contributed by atoms with Gasteiger partial charge in [-0.15, -0.1) is 0 Å². The molecule has 1 N–H and O–H groups in total. The molecule has 2 heterocycles. The van der Waals surface area contributed by atoms with Gasteiger partial charge in [0.15, 0.2) is 0 Å². The summed E-state index contributed by atoms with van der Waals surface area (Å²) in [5.74, 6) is 0.767. The van der Waals surface area contributed by atoms with E-state index in [9.17, 15) is 4.79 Å². The van der Waals surface area contributed by atoms with Crippen molar-refractivity contribution in [3.63, 3.8) is 0 Å². The molecule has 1 atom stereocenters. The molecule has 0 aliphatic carbocycles. The van der Waals surface area contributed by atoms with Crippen LogP contribution in [-0.4, -0.2) is 30.5 Å². The number of aryl methyl sites for hydroxylation is 3. The molecule has 2 aromatic rings. The van der Waals surface area contributed by atoms with Crippen LogP contribution in [0.25, 0.3) is 0 Å². The van der Waals surface area contributed by atoms with E-state index in [0.717, 1.165) is 17.8 Å². The van der Waals surface area contributed by atoms with Gasteiger partial charge in [-0.05, 0) is 18.9 Å². The van der Waals surface area contributed by atoms with E-state index in [0.29, 0.717) is 13.0 Å². The molecule has 0 aliphatic heterocycles. The Balaban J connectivity index is 1.88. The summed E-state index contributed by atoms with van der Waals surface area (Å²) in [4.78, 5) is 16.2. The number of carbonyl (C=O) groups is 1. The van der Waals surface area contributed by atoms with E-state index in [-0.39, 0.29) is 11.9 Å². The van der Waals surface area contributed by atoms with Crippen LogP contribution in [0.15, 0.2) is 18.7 Å². The van der Waals surface area contributed by atoms with Gasteiger partial charge in [-0.1, -0.05) is 6.92 Å². The zero-order valence-electron chi connectivity index (χ0n) is 12.1. The fraction of sp³-hybridized carbons (Fsp3) is 0.538. The SMILES string of the molecule is CC[C@H](NC(=O)CCn1cc(C)cn1)c1ncnn1C. The van der Waals surface area contributed by atoms with E-state index in [4.69, 9.17) is 0 Å². The largest absolute Gasteiger partial charge is 0.346 e. The molecule has 108 valence electrons. The highest BCUT2D eigenvalue weighted by Gasteiger charge is 2.17. The second kappa shape index (κ2) is 6.31. The summed E-state index contributed by atoms with van der Waals surface area (Å²) in [6.07, 6.45) is 6.38. The first-order chi connectivity index (χ1) is 9.60. The minimum absolute atomic E-state index is 0.00648. The summed E-state index contributed by atoms with van der Waals surface area (Å²) < 4.78 is 3.46. The minimum Gasteiger partial charge on any atom is -0.346 e. The molecule has 0 saturated heterocycles. The van der Waals surface area contributed by atoms with Gasteiger partial charge in [0.05, 0.1) is 12.2 Å². The van der Waals surface area contributed by atoms with Crippen molar-refractivity contribution < 1.29 is 4.79 Å². The Bertz CT molecular complexity index is 573. The molecule has 2 rings (SSSR count). The van der Waals surface area contributed by atoms with Gasteiger partial charge in [0, 0.05) is 26.2 Å². The summed E-state index contributed by atoms with van der Waals surface area (Å²) >= 11 is 0. The zero-order valence-corrected chi connectivity index (χ0v) is 12.1. The second-order valence-electron chi connectivity index (χ2n) is 4.80. The maximum absolute atomic E-state index is 12.0. The third-order valence-electron chi connectivity index (χ3n) is 3.13. The molecule has 1 amide bonds. The first-order valence-corrected chi connectivity index (χ1v) is 6.72. The van der Waals surface area contributed by atoms with Crippen molar-refractivity contribution in [3.05, 3.63) is 30.1 Å². The zero-order chi connectivity index (χ0) is 14.5. The number of rotatable bonds is 6. The van der Waals surface area contributed by atoms with E-state index in [1.54, 1.807) is 15.6 Å². The Morgan fingerprint density at radius 1 is 1.45 bits per heavy atom. The van der Waals surface area contributed by atoms with E-state index in [1.165, 1.54) is 6.33 Å². The fourth-order valence-electron chi connectivity index (χ4n) is 2.04. The molecule has 0 bridgehead atoms. The molecule has 7 heteroatoms. The third kappa shape index (κ3) is 3.43. The number of nitrogens with zero attached hydrogens (tertiary/aromatic N) is 5. The third-order valence-corrected chi connectivity index (χ3v) is 3.13. The fourth-order valence-corrected chi connectivity index (χ4v) is 2.04. The Kier molecular flexibility index (Phi) is 4.49. The van der Waals surface area contributed by atoms with E-state index >= 15 is 0 Å². The van der Waals surface area contributed by atoms with Gasteiger partial charge in [-0.2, -0.15) is 10.2 Å². The highest BCUT2D eigenvalue weighted by Crippen LogP contribution is 2.12. The highest BCUT2D eigenvalue weighted by molar-refractivity contribution is 5.76. The Morgan fingerprint density at radius 2 is 2.25 bits per heavy atom. The first kappa shape index (κ1) is 14.2. The molecule has 0 fully saturated rings. The highest BCUT2D eigenvalue weighted by atomic mass is 16.1.